The summed E-state index contributed by atoms with van der Waals surface area (Å²) in [5.74, 6) is 0.255. The molecule has 2 aromatic carbocycles. The first kappa shape index (κ1) is 19.1. The number of fused-ring (bicyclic) bond motifs is 1. The van der Waals surface area contributed by atoms with Gasteiger partial charge in [-0.25, -0.2) is 0 Å². The topological polar surface area (TPSA) is 87.6 Å². The largest absolute Gasteiger partial charge is 0.352 e. The van der Waals surface area contributed by atoms with E-state index in [2.05, 4.69) is 15.0 Å². The highest BCUT2D eigenvalue weighted by Crippen LogP contribution is 2.28. The van der Waals surface area contributed by atoms with Gasteiger partial charge in [-0.05, 0) is 30.5 Å². The fourth-order valence-corrected chi connectivity index (χ4v) is 4.11. The van der Waals surface area contributed by atoms with Crippen molar-refractivity contribution < 1.29 is 13.2 Å². The van der Waals surface area contributed by atoms with E-state index in [4.69, 9.17) is 0 Å². The zero-order valence-corrected chi connectivity index (χ0v) is 16.2. The molecule has 1 heterocycles. The summed E-state index contributed by atoms with van der Waals surface area (Å²) in [6, 6.07) is 14.7. The Bertz CT molecular complexity index is 966. The van der Waals surface area contributed by atoms with Crippen LogP contribution in [0.5, 0.6) is 0 Å². The Morgan fingerprint density at radius 2 is 1.85 bits per heavy atom. The molecule has 0 fully saturated rings. The van der Waals surface area contributed by atoms with Crippen LogP contribution in [0.25, 0.3) is 0 Å². The first-order chi connectivity index (χ1) is 12.8. The maximum absolute atomic E-state index is 12.3. The highest BCUT2D eigenvalue weighted by Gasteiger charge is 2.25. The molecule has 1 aliphatic heterocycles. The van der Waals surface area contributed by atoms with Gasteiger partial charge < -0.3 is 10.6 Å². The van der Waals surface area contributed by atoms with Crippen molar-refractivity contribution in [3.05, 3.63) is 59.7 Å². The molecule has 0 aliphatic carbocycles. The molecule has 0 aromatic heterocycles. The van der Waals surface area contributed by atoms with Crippen molar-refractivity contribution in [1.82, 2.24) is 5.32 Å². The Morgan fingerprint density at radius 3 is 2.59 bits per heavy atom. The summed E-state index contributed by atoms with van der Waals surface area (Å²) < 4.78 is 28.4. The van der Waals surface area contributed by atoms with Crippen molar-refractivity contribution >= 4 is 27.5 Å². The minimum atomic E-state index is -3.69. The number of hydrogen-bond donors (Lipinski definition) is 2. The molecular weight excluding hydrogens is 362 g/mol. The van der Waals surface area contributed by atoms with Crippen LogP contribution >= 0.6 is 0 Å². The van der Waals surface area contributed by atoms with Crippen molar-refractivity contribution in [2.24, 2.45) is 10.3 Å². The molecule has 0 bridgehead atoms. The number of amidine groups is 1. The lowest BCUT2D eigenvalue weighted by molar-refractivity contribution is -0.122. The molecule has 1 atom stereocenters. The number of anilines is 1. The number of sulfonamides is 1. The summed E-state index contributed by atoms with van der Waals surface area (Å²) in [6.07, 6.45) is 0.680. The molecular formula is C20H23N3O3S. The van der Waals surface area contributed by atoms with E-state index in [0.29, 0.717) is 30.9 Å². The number of hydrogen-bond acceptors (Lipinski definition) is 4. The maximum Gasteiger partial charge on any atom is 0.286 e. The standard InChI is InChI=1S/C20H23N3O3S/c1-14-7-9-16(10-8-14)13-21-20(24)12-15(2)11-19-22-17-5-3-4-6-18(17)27(25,26)23-19/h3-10,15H,11-13H2,1-2H3,(H,21,24)(H,22,23)/t15-/m1/s1. The van der Waals surface area contributed by atoms with Gasteiger partial charge in [-0.15, -0.1) is 4.40 Å². The Hall–Kier alpha value is -2.67. The second kappa shape index (κ2) is 7.92. The summed E-state index contributed by atoms with van der Waals surface area (Å²) >= 11 is 0. The third-order valence-corrected chi connectivity index (χ3v) is 5.73. The predicted molar refractivity (Wildman–Crippen MR) is 106 cm³/mol. The molecule has 27 heavy (non-hydrogen) atoms. The molecule has 1 amide bonds. The normalized spacial score (nSPS) is 15.9. The van der Waals surface area contributed by atoms with Gasteiger partial charge in [-0.1, -0.05) is 48.9 Å². The quantitative estimate of drug-likeness (QED) is 0.799. The van der Waals surface area contributed by atoms with Crippen molar-refractivity contribution in [2.45, 2.75) is 38.1 Å². The highest BCUT2D eigenvalue weighted by atomic mass is 32.2. The predicted octanol–water partition coefficient (Wildman–Crippen LogP) is 3.24. The second-order valence-electron chi connectivity index (χ2n) is 6.91. The van der Waals surface area contributed by atoms with Crippen LogP contribution < -0.4 is 10.6 Å². The lowest BCUT2D eigenvalue weighted by atomic mass is 10.0. The van der Waals surface area contributed by atoms with Gasteiger partial charge in [0, 0.05) is 19.4 Å². The van der Waals surface area contributed by atoms with Crippen molar-refractivity contribution in [2.75, 3.05) is 5.32 Å². The van der Waals surface area contributed by atoms with E-state index in [0.717, 1.165) is 5.56 Å². The third kappa shape index (κ3) is 4.95. The summed E-state index contributed by atoms with van der Waals surface area (Å²) in [4.78, 5) is 12.3. The van der Waals surface area contributed by atoms with Gasteiger partial charge in [-0.3, -0.25) is 4.79 Å². The molecule has 2 N–H and O–H groups in total. The summed E-state index contributed by atoms with van der Waals surface area (Å²) in [5.41, 5.74) is 2.75. The van der Waals surface area contributed by atoms with Gasteiger partial charge in [0.2, 0.25) is 5.91 Å². The molecule has 1 aliphatic rings. The van der Waals surface area contributed by atoms with E-state index in [-0.39, 0.29) is 16.7 Å². The number of aryl methyl sites for hydroxylation is 1. The molecule has 0 saturated carbocycles. The maximum atomic E-state index is 12.3. The molecule has 7 heteroatoms. The Kier molecular flexibility index (Phi) is 5.60. The van der Waals surface area contributed by atoms with Crippen LogP contribution in [-0.4, -0.2) is 20.2 Å². The van der Waals surface area contributed by atoms with Crippen LogP contribution in [0.1, 0.15) is 30.9 Å². The zero-order valence-electron chi connectivity index (χ0n) is 15.4. The Balaban J connectivity index is 1.55. The van der Waals surface area contributed by atoms with Gasteiger partial charge in [0.15, 0.2) is 0 Å². The van der Waals surface area contributed by atoms with Crippen LogP contribution in [0.15, 0.2) is 57.8 Å². The number of nitrogens with zero attached hydrogens (tertiary/aromatic N) is 1. The molecule has 6 nitrogen and oxygen atoms in total. The number of carbonyl (C=O) groups is 1. The smallest absolute Gasteiger partial charge is 0.286 e. The Labute approximate surface area is 159 Å². The number of amides is 1. The van der Waals surface area contributed by atoms with Crippen LogP contribution in [0.4, 0.5) is 5.69 Å². The highest BCUT2D eigenvalue weighted by molar-refractivity contribution is 7.90. The average Bonchev–Trinajstić information content (AvgIpc) is 2.60. The van der Waals surface area contributed by atoms with Crippen molar-refractivity contribution in [3.63, 3.8) is 0 Å². The van der Waals surface area contributed by atoms with Crippen LogP contribution in [0.3, 0.4) is 0 Å². The first-order valence-corrected chi connectivity index (χ1v) is 10.3. The molecule has 2 aromatic rings. The molecule has 0 radical (unpaired) electrons. The number of para-hydroxylation sites is 1. The first-order valence-electron chi connectivity index (χ1n) is 8.85. The number of benzene rings is 2. The minimum absolute atomic E-state index is 0.0465. The lowest BCUT2D eigenvalue weighted by Gasteiger charge is -2.20. The van der Waals surface area contributed by atoms with Crippen LogP contribution in [0.2, 0.25) is 0 Å². The monoisotopic (exact) mass is 385 g/mol. The van der Waals surface area contributed by atoms with Gasteiger partial charge in [0.25, 0.3) is 10.0 Å². The fourth-order valence-electron chi connectivity index (χ4n) is 2.95. The molecule has 0 spiro atoms. The van der Waals surface area contributed by atoms with Crippen LogP contribution in [-0.2, 0) is 21.4 Å². The van der Waals surface area contributed by atoms with Gasteiger partial charge in [-0.2, -0.15) is 8.42 Å². The van der Waals surface area contributed by atoms with E-state index in [9.17, 15) is 13.2 Å². The lowest BCUT2D eigenvalue weighted by Crippen LogP contribution is -2.27. The molecule has 0 saturated heterocycles. The number of carbonyl (C=O) groups excluding carboxylic acids is 1. The van der Waals surface area contributed by atoms with E-state index < -0.39 is 10.0 Å². The summed E-state index contributed by atoms with van der Waals surface area (Å²) in [5, 5.41) is 5.96. The van der Waals surface area contributed by atoms with E-state index in [1.165, 1.54) is 11.6 Å². The molecule has 3 rings (SSSR count). The molecule has 142 valence electrons. The van der Waals surface area contributed by atoms with E-state index >= 15 is 0 Å². The third-order valence-electron chi connectivity index (χ3n) is 4.36. The van der Waals surface area contributed by atoms with Crippen LogP contribution in [0, 0.1) is 12.8 Å². The van der Waals surface area contributed by atoms with Gasteiger partial charge in [0.1, 0.15) is 10.7 Å². The second-order valence-corrected chi connectivity index (χ2v) is 8.48. The Morgan fingerprint density at radius 1 is 1.15 bits per heavy atom. The zero-order chi connectivity index (χ0) is 19.4. The summed E-state index contributed by atoms with van der Waals surface area (Å²) in [7, 11) is -3.69. The number of rotatable bonds is 6. The van der Waals surface area contributed by atoms with Gasteiger partial charge in [0.05, 0.1) is 5.69 Å². The fraction of sp³-hybridized carbons (Fsp3) is 0.300. The SMILES string of the molecule is Cc1ccc(CNC(=O)C[C@H](C)CC2=NS(=O)(=O)c3ccccc3N2)cc1. The molecule has 0 unspecified atom stereocenters. The van der Waals surface area contributed by atoms with E-state index in [1.807, 2.05) is 38.1 Å². The summed E-state index contributed by atoms with van der Waals surface area (Å²) in [6.45, 7) is 4.40. The average molecular weight is 385 g/mol. The number of nitrogens with one attached hydrogen (secondary N) is 2. The van der Waals surface area contributed by atoms with Gasteiger partial charge >= 0.3 is 0 Å². The van der Waals surface area contributed by atoms with E-state index in [1.54, 1.807) is 18.2 Å². The van der Waals surface area contributed by atoms with Crippen molar-refractivity contribution in [1.29, 1.82) is 0 Å². The minimum Gasteiger partial charge on any atom is -0.352 e. The van der Waals surface area contributed by atoms with Crippen molar-refractivity contribution in [3.8, 4) is 0 Å².